The summed E-state index contributed by atoms with van der Waals surface area (Å²) >= 11 is 0. The number of esters is 1. The molecule has 1 N–H and O–H groups in total. The van der Waals surface area contributed by atoms with Crippen LogP contribution in [0.1, 0.15) is 38.0 Å². The lowest BCUT2D eigenvalue weighted by Crippen LogP contribution is -2.29. The first-order valence-electron chi connectivity index (χ1n) is 10.2. The summed E-state index contributed by atoms with van der Waals surface area (Å²) < 4.78 is 15.7. The number of benzene rings is 3. The van der Waals surface area contributed by atoms with E-state index >= 15 is 0 Å². The molecule has 1 aliphatic heterocycles. The summed E-state index contributed by atoms with van der Waals surface area (Å²) in [7, 11) is 2.85. The molecule has 0 atom stereocenters. The van der Waals surface area contributed by atoms with Gasteiger partial charge >= 0.3 is 5.97 Å². The summed E-state index contributed by atoms with van der Waals surface area (Å²) in [4.78, 5) is 51.6. The van der Waals surface area contributed by atoms with Gasteiger partial charge in [-0.3, -0.25) is 19.2 Å². The van der Waals surface area contributed by atoms with Gasteiger partial charge in [-0.25, -0.2) is 4.90 Å². The number of nitrogens with one attached hydrogen (secondary N) is 1. The molecule has 34 heavy (non-hydrogen) atoms. The third kappa shape index (κ3) is 3.95. The Morgan fingerprint density at radius 1 is 0.824 bits per heavy atom. The topological polar surface area (TPSA) is 111 Å². The molecule has 0 aliphatic carbocycles. The molecule has 172 valence electrons. The molecule has 3 aromatic carbocycles. The molecule has 0 radical (unpaired) electrons. The van der Waals surface area contributed by atoms with Crippen LogP contribution in [0, 0.1) is 0 Å². The molecule has 0 saturated carbocycles. The predicted molar refractivity (Wildman–Crippen MR) is 123 cm³/mol. The van der Waals surface area contributed by atoms with E-state index in [2.05, 4.69) is 5.32 Å². The molecule has 0 fully saturated rings. The molecular weight excluding hydrogens is 440 g/mol. The summed E-state index contributed by atoms with van der Waals surface area (Å²) in [6.45, 7) is 1.23. The summed E-state index contributed by atoms with van der Waals surface area (Å²) in [5.74, 6) is -1.55. The van der Waals surface area contributed by atoms with E-state index in [9.17, 15) is 19.2 Å². The second-order valence-corrected chi connectivity index (χ2v) is 7.26. The van der Waals surface area contributed by atoms with Crippen molar-refractivity contribution in [3.63, 3.8) is 0 Å². The molecule has 1 aliphatic rings. The number of hydrogen-bond acceptors (Lipinski definition) is 7. The lowest BCUT2D eigenvalue weighted by atomic mass is 10.1. The number of rotatable bonds is 6. The maximum Gasteiger partial charge on any atom is 0.308 e. The number of methoxy groups -OCH3 is 2. The Morgan fingerprint density at radius 2 is 1.50 bits per heavy atom. The van der Waals surface area contributed by atoms with Gasteiger partial charge in [0.1, 0.15) is 5.75 Å². The molecule has 0 spiro atoms. The molecule has 1 heterocycles. The van der Waals surface area contributed by atoms with Crippen molar-refractivity contribution in [3.05, 3.63) is 77.4 Å². The number of carbonyl (C=O) groups excluding carboxylic acids is 4. The Balaban J connectivity index is 1.65. The smallest absolute Gasteiger partial charge is 0.308 e. The van der Waals surface area contributed by atoms with E-state index in [4.69, 9.17) is 14.2 Å². The van der Waals surface area contributed by atoms with Crippen LogP contribution in [0.25, 0.3) is 0 Å². The fourth-order valence-corrected chi connectivity index (χ4v) is 3.63. The maximum absolute atomic E-state index is 13.1. The van der Waals surface area contributed by atoms with Crippen LogP contribution in [0.15, 0.2) is 60.7 Å². The summed E-state index contributed by atoms with van der Waals surface area (Å²) in [5.41, 5.74) is 0.921. The minimum atomic E-state index is -0.585. The van der Waals surface area contributed by atoms with Gasteiger partial charge in [-0.15, -0.1) is 0 Å². The average Bonchev–Trinajstić information content (AvgIpc) is 3.08. The van der Waals surface area contributed by atoms with Crippen LogP contribution >= 0.6 is 0 Å². The van der Waals surface area contributed by atoms with Crippen LogP contribution in [-0.4, -0.2) is 37.9 Å². The van der Waals surface area contributed by atoms with E-state index in [1.807, 2.05) is 0 Å². The van der Waals surface area contributed by atoms with Crippen LogP contribution in [0.5, 0.6) is 17.2 Å². The first-order valence-corrected chi connectivity index (χ1v) is 10.2. The van der Waals surface area contributed by atoms with Gasteiger partial charge in [-0.2, -0.15) is 0 Å². The van der Waals surface area contributed by atoms with E-state index in [0.29, 0.717) is 11.4 Å². The normalized spacial score (nSPS) is 12.3. The van der Waals surface area contributed by atoms with Crippen LogP contribution in [0.2, 0.25) is 0 Å². The highest BCUT2D eigenvalue weighted by molar-refractivity contribution is 6.35. The fraction of sp³-hybridized carbons (Fsp3) is 0.120. The monoisotopic (exact) mass is 460 g/mol. The lowest BCUT2D eigenvalue weighted by molar-refractivity contribution is -0.131. The van der Waals surface area contributed by atoms with Gasteiger partial charge in [-0.1, -0.05) is 18.2 Å². The number of imide groups is 1. The van der Waals surface area contributed by atoms with Crippen LogP contribution in [0.4, 0.5) is 11.4 Å². The number of anilines is 2. The number of fused-ring (bicyclic) bond motifs is 1. The molecule has 0 bridgehead atoms. The van der Waals surface area contributed by atoms with Crippen molar-refractivity contribution in [1.82, 2.24) is 0 Å². The molecule has 4 rings (SSSR count). The highest BCUT2D eigenvalue weighted by atomic mass is 16.6. The third-order valence-corrected chi connectivity index (χ3v) is 5.17. The highest BCUT2D eigenvalue weighted by Crippen LogP contribution is 2.37. The molecule has 0 saturated heterocycles. The van der Waals surface area contributed by atoms with Crippen LogP contribution in [-0.2, 0) is 4.79 Å². The summed E-state index contributed by atoms with van der Waals surface area (Å²) in [6.07, 6.45) is 0. The van der Waals surface area contributed by atoms with Crippen molar-refractivity contribution < 1.29 is 33.4 Å². The minimum absolute atomic E-state index is 0.0561. The van der Waals surface area contributed by atoms with Crippen LogP contribution < -0.4 is 24.4 Å². The second kappa shape index (κ2) is 9.07. The van der Waals surface area contributed by atoms with Crippen molar-refractivity contribution in [3.8, 4) is 17.2 Å². The SMILES string of the molecule is COc1ccccc1N1C(=O)c2ccc(C(=O)Nc3cccc(OC)c3OC(C)=O)cc2C1=O. The minimum Gasteiger partial charge on any atom is -0.495 e. The first-order chi connectivity index (χ1) is 16.3. The summed E-state index contributed by atoms with van der Waals surface area (Å²) in [6, 6.07) is 15.6. The largest absolute Gasteiger partial charge is 0.495 e. The number of ether oxygens (including phenoxy) is 3. The molecule has 0 unspecified atom stereocenters. The lowest BCUT2D eigenvalue weighted by Gasteiger charge is -2.16. The third-order valence-electron chi connectivity index (χ3n) is 5.17. The van der Waals surface area contributed by atoms with E-state index in [1.165, 1.54) is 39.3 Å². The van der Waals surface area contributed by atoms with Gasteiger partial charge in [-0.05, 0) is 42.5 Å². The van der Waals surface area contributed by atoms with Gasteiger partial charge < -0.3 is 19.5 Å². The second-order valence-electron chi connectivity index (χ2n) is 7.26. The number of amides is 3. The van der Waals surface area contributed by atoms with Crippen molar-refractivity contribution >= 4 is 35.1 Å². The highest BCUT2D eigenvalue weighted by Gasteiger charge is 2.38. The van der Waals surface area contributed by atoms with E-state index in [-0.39, 0.29) is 33.9 Å². The molecule has 9 nitrogen and oxygen atoms in total. The Hall–Kier alpha value is -4.66. The molecule has 3 amide bonds. The molecule has 9 heteroatoms. The molecular formula is C25H20N2O7. The van der Waals surface area contributed by atoms with E-state index < -0.39 is 23.7 Å². The van der Waals surface area contributed by atoms with Gasteiger partial charge in [0.15, 0.2) is 11.5 Å². The molecule has 3 aromatic rings. The van der Waals surface area contributed by atoms with Crippen molar-refractivity contribution in [1.29, 1.82) is 0 Å². The zero-order valence-corrected chi connectivity index (χ0v) is 18.6. The predicted octanol–water partition coefficient (Wildman–Crippen LogP) is 3.68. The van der Waals surface area contributed by atoms with Crippen molar-refractivity contribution in [2.75, 3.05) is 24.4 Å². The standard InChI is InChI=1S/C25H20N2O7/c1-14(28)34-22-18(7-6-10-21(22)33-3)26-23(29)15-11-12-16-17(13-15)25(31)27(24(16)30)19-8-4-5-9-20(19)32-2/h4-13H,1-3H3,(H,26,29). The number of nitrogens with zero attached hydrogens (tertiary/aromatic N) is 1. The van der Waals surface area contributed by atoms with Gasteiger partial charge in [0.25, 0.3) is 17.7 Å². The zero-order valence-electron chi connectivity index (χ0n) is 18.6. The Labute approximate surface area is 194 Å². The molecule has 0 aromatic heterocycles. The fourth-order valence-electron chi connectivity index (χ4n) is 3.63. The Kier molecular flexibility index (Phi) is 6.01. The number of carbonyl (C=O) groups is 4. The first kappa shape index (κ1) is 22.5. The van der Waals surface area contributed by atoms with Crippen LogP contribution in [0.3, 0.4) is 0 Å². The van der Waals surface area contributed by atoms with Crippen molar-refractivity contribution in [2.24, 2.45) is 0 Å². The summed E-state index contributed by atoms with van der Waals surface area (Å²) in [5, 5.41) is 2.66. The van der Waals surface area contributed by atoms with Gasteiger partial charge in [0.05, 0.1) is 36.7 Å². The van der Waals surface area contributed by atoms with Gasteiger partial charge in [0.2, 0.25) is 0 Å². The van der Waals surface area contributed by atoms with Gasteiger partial charge in [0, 0.05) is 12.5 Å². The number of para-hydroxylation sites is 3. The number of hydrogen-bond donors (Lipinski definition) is 1. The average molecular weight is 460 g/mol. The Bertz CT molecular complexity index is 1330. The quantitative estimate of drug-likeness (QED) is 0.339. The maximum atomic E-state index is 13.1. The zero-order chi connectivity index (χ0) is 24.4. The van der Waals surface area contributed by atoms with E-state index in [1.54, 1.807) is 42.5 Å². The Morgan fingerprint density at radius 3 is 2.21 bits per heavy atom. The van der Waals surface area contributed by atoms with Crippen molar-refractivity contribution in [2.45, 2.75) is 6.92 Å². The van der Waals surface area contributed by atoms with E-state index in [0.717, 1.165) is 4.90 Å².